The Bertz CT molecular complexity index is 309. The molecule has 15 heavy (non-hydrogen) atoms. The number of aromatic nitrogens is 4. The number of aromatic amines is 1. The first-order valence-corrected chi connectivity index (χ1v) is 4.58. The molecule has 7 heteroatoms. The smallest absolute Gasteiger partial charge is 0.223 e. The van der Waals surface area contributed by atoms with Crippen molar-refractivity contribution in [2.24, 2.45) is 0 Å². The molecular weight excluding hydrogens is 198 g/mol. The number of hydrogen-bond acceptors (Lipinski definition) is 5. The summed E-state index contributed by atoms with van der Waals surface area (Å²) in [5.41, 5.74) is -0.457. The number of nitrogens with zero attached hydrogens (tertiary/aromatic N) is 3. The average Bonchev–Trinajstić information content (AvgIpc) is 2.66. The van der Waals surface area contributed by atoms with Crippen molar-refractivity contribution in [1.82, 2.24) is 25.9 Å². The van der Waals surface area contributed by atoms with Crippen LogP contribution in [0.3, 0.4) is 0 Å². The molecule has 1 aromatic rings. The fraction of sp³-hybridized carbons (Fsp3) is 0.750. The first-order valence-electron chi connectivity index (χ1n) is 4.58. The number of nitrogens with one attached hydrogen (secondary N) is 2. The van der Waals surface area contributed by atoms with Crippen LogP contribution in [-0.4, -0.2) is 39.2 Å². The summed E-state index contributed by atoms with van der Waals surface area (Å²) < 4.78 is 5.13. The molecule has 0 saturated heterocycles. The van der Waals surface area contributed by atoms with Crippen molar-refractivity contribution >= 4 is 5.91 Å². The highest BCUT2D eigenvalue weighted by atomic mass is 16.5. The zero-order valence-electron chi connectivity index (χ0n) is 9.07. The van der Waals surface area contributed by atoms with Gasteiger partial charge in [0.1, 0.15) is 0 Å². The van der Waals surface area contributed by atoms with Gasteiger partial charge in [-0.25, -0.2) is 0 Å². The summed E-state index contributed by atoms with van der Waals surface area (Å²) in [5, 5.41) is 15.8. The van der Waals surface area contributed by atoms with Crippen molar-refractivity contribution in [3.8, 4) is 0 Å². The highest BCUT2D eigenvalue weighted by molar-refractivity contribution is 5.76. The lowest BCUT2D eigenvalue weighted by molar-refractivity contribution is -0.126. The fourth-order valence-corrected chi connectivity index (χ4v) is 0.956. The van der Waals surface area contributed by atoms with Gasteiger partial charge in [0.25, 0.3) is 0 Å². The van der Waals surface area contributed by atoms with Gasteiger partial charge in [0, 0.05) is 7.11 Å². The van der Waals surface area contributed by atoms with E-state index in [1.54, 1.807) is 7.11 Å². The minimum Gasteiger partial charge on any atom is -0.378 e. The predicted molar refractivity (Wildman–Crippen MR) is 51.7 cm³/mol. The van der Waals surface area contributed by atoms with Crippen LogP contribution in [0.1, 0.15) is 26.1 Å². The van der Waals surface area contributed by atoms with Crippen molar-refractivity contribution < 1.29 is 9.53 Å². The number of ether oxygens (including phenoxy) is 1. The molecule has 0 aromatic carbocycles. The van der Waals surface area contributed by atoms with E-state index in [0.717, 1.165) is 0 Å². The number of hydrogen-bond donors (Lipinski definition) is 2. The Morgan fingerprint density at radius 1 is 1.60 bits per heavy atom. The Hall–Kier alpha value is -1.50. The van der Waals surface area contributed by atoms with Crippen LogP contribution in [-0.2, 0) is 16.1 Å². The standard InChI is InChI=1S/C8H15N5O2/c1-8(2,15-3)4-7(14)9-5-6-10-12-13-11-6/h4-5H2,1-3H3,(H,9,14)(H,10,11,12,13). The van der Waals surface area contributed by atoms with Gasteiger partial charge in [-0.3, -0.25) is 4.79 Å². The first-order chi connectivity index (χ1) is 7.03. The normalized spacial score (nSPS) is 11.4. The second-order valence-electron chi connectivity index (χ2n) is 3.75. The molecular formula is C8H15N5O2. The van der Waals surface area contributed by atoms with E-state index in [9.17, 15) is 4.79 Å². The van der Waals surface area contributed by atoms with E-state index in [1.165, 1.54) is 0 Å². The monoisotopic (exact) mass is 213 g/mol. The number of H-pyrrole nitrogens is 1. The molecule has 0 aliphatic heterocycles. The van der Waals surface area contributed by atoms with Crippen LogP contribution in [0.25, 0.3) is 0 Å². The van der Waals surface area contributed by atoms with Gasteiger partial charge in [-0.2, -0.15) is 5.21 Å². The van der Waals surface area contributed by atoms with Crippen molar-refractivity contribution in [2.75, 3.05) is 7.11 Å². The number of rotatable bonds is 5. The summed E-state index contributed by atoms with van der Waals surface area (Å²) >= 11 is 0. The summed E-state index contributed by atoms with van der Waals surface area (Å²) in [7, 11) is 1.58. The van der Waals surface area contributed by atoms with Crippen LogP contribution < -0.4 is 5.32 Å². The highest BCUT2D eigenvalue weighted by Crippen LogP contribution is 2.12. The van der Waals surface area contributed by atoms with Crippen molar-refractivity contribution in [1.29, 1.82) is 0 Å². The molecule has 0 saturated carbocycles. The van der Waals surface area contributed by atoms with Crippen LogP contribution in [0.4, 0.5) is 0 Å². The van der Waals surface area contributed by atoms with E-state index in [-0.39, 0.29) is 12.5 Å². The number of methoxy groups -OCH3 is 1. The quantitative estimate of drug-likeness (QED) is 0.696. The maximum absolute atomic E-state index is 11.4. The molecule has 0 atom stereocenters. The molecule has 0 bridgehead atoms. The molecule has 0 unspecified atom stereocenters. The number of amides is 1. The van der Waals surface area contributed by atoms with Gasteiger partial charge < -0.3 is 10.1 Å². The molecule has 1 amide bonds. The molecule has 1 heterocycles. The van der Waals surface area contributed by atoms with E-state index < -0.39 is 5.60 Å². The Labute approximate surface area is 87.6 Å². The predicted octanol–water partition coefficient (Wildman–Crippen LogP) is -0.369. The first kappa shape index (κ1) is 11.6. The van der Waals surface area contributed by atoms with E-state index >= 15 is 0 Å². The average molecular weight is 213 g/mol. The Kier molecular flexibility index (Phi) is 3.73. The van der Waals surface area contributed by atoms with E-state index in [4.69, 9.17) is 4.74 Å². The van der Waals surface area contributed by atoms with Crippen LogP contribution in [0, 0.1) is 0 Å². The summed E-state index contributed by atoms with van der Waals surface area (Å²) in [6.45, 7) is 3.97. The maximum Gasteiger partial charge on any atom is 0.223 e. The van der Waals surface area contributed by atoms with E-state index in [1.807, 2.05) is 13.8 Å². The molecule has 1 rings (SSSR count). The van der Waals surface area contributed by atoms with E-state index in [0.29, 0.717) is 12.2 Å². The lowest BCUT2D eigenvalue weighted by Crippen LogP contribution is -2.33. The Balaban J connectivity index is 2.31. The van der Waals surface area contributed by atoms with Crippen LogP contribution in [0.15, 0.2) is 0 Å². The largest absolute Gasteiger partial charge is 0.378 e. The van der Waals surface area contributed by atoms with Gasteiger partial charge in [0.2, 0.25) is 5.91 Å². The lowest BCUT2D eigenvalue weighted by atomic mass is 10.1. The topological polar surface area (TPSA) is 92.8 Å². The van der Waals surface area contributed by atoms with Crippen molar-refractivity contribution in [2.45, 2.75) is 32.4 Å². The van der Waals surface area contributed by atoms with Crippen LogP contribution in [0.2, 0.25) is 0 Å². The highest BCUT2D eigenvalue weighted by Gasteiger charge is 2.20. The number of carbonyl (C=O) groups excluding carboxylic acids is 1. The zero-order valence-corrected chi connectivity index (χ0v) is 9.07. The third kappa shape index (κ3) is 4.03. The molecule has 2 N–H and O–H groups in total. The van der Waals surface area contributed by atoms with Gasteiger partial charge in [-0.1, -0.05) is 5.21 Å². The number of carbonyl (C=O) groups is 1. The summed E-state index contributed by atoms with van der Waals surface area (Å²) in [4.78, 5) is 11.4. The minimum absolute atomic E-state index is 0.105. The molecule has 0 aliphatic rings. The molecule has 1 aromatic heterocycles. The second-order valence-corrected chi connectivity index (χ2v) is 3.75. The fourth-order valence-electron chi connectivity index (χ4n) is 0.956. The summed E-state index contributed by atoms with van der Waals surface area (Å²) in [5.74, 6) is 0.352. The number of tetrazole rings is 1. The SMILES string of the molecule is COC(C)(C)CC(=O)NCc1nn[nH]n1. The summed E-state index contributed by atoms with van der Waals surface area (Å²) in [6, 6.07) is 0. The zero-order chi connectivity index (χ0) is 11.3. The van der Waals surface area contributed by atoms with E-state index in [2.05, 4.69) is 25.9 Å². The molecule has 7 nitrogen and oxygen atoms in total. The van der Waals surface area contributed by atoms with Gasteiger partial charge in [-0.15, -0.1) is 10.2 Å². The second kappa shape index (κ2) is 4.83. The van der Waals surface area contributed by atoms with Crippen molar-refractivity contribution in [3.05, 3.63) is 5.82 Å². The Morgan fingerprint density at radius 3 is 2.87 bits per heavy atom. The summed E-state index contributed by atoms with van der Waals surface area (Å²) in [6.07, 6.45) is 0.293. The van der Waals surface area contributed by atoms with Gasteiger partial charge in [0.05, 0.1) is 18.6 Å². The molecule has 0 aliphatic carbocycles. The van der Waals surface area contributed by atoms with Crippen molar-refractivity contribution in [3.63, 3.8) is 0 Å². The van der Waals surface area contributed by atoms with Gasteiger partial charge in [0.15, 0.2) is 5.82 Å². The third-order valence-corrected chi connectivity index (χ3v) is 1.97. The molecule has 0 fully saturated rings. The Morgan fingerprint density at radius 2 is 2.33 bits per heavy atom. The van der Waals surface area contributed by atoms with Gasteiger partial charge in [-0.05, 0) is 13.8 Å². The van der Waals surface area contributed by atoms with Crippen LogP contribution in [0.5, 0.6) is 0 Å². The third-order valence-electron chi connectivity index (χ3n) is 1.97. The lowest BCUT2D eigenvalue weighted by Gasteiger charge is -2.21. The van der Waals surface area contributed by atoms with Gasteiger partial charge >= 0.3 is 0 Å². The minimum atomic E-state index is -0.457. The molecule has 84 valence electrons. The van der Waals surface area contributed by atoms with Crippen LogP contribution >= 0.6 is 0 Å². The molecule has 0 spiro atoms. The maximum atomic E-state index is 11.4. The molecule has 0 radical (unpaired) electrons.